The third-order valence-electron chi connectivity index (χ3n) is 3.52. The molecule has 0 unspecified atom stereocenters. The molecular weight excluding hydrogens is 306 g/mol. The third-order valence-corrected chi connectivity index (χ3v) is 3.84. The van der Waals surface area contributed by atoms with Crippen molar-refractivity contribution < 1.29 is 9.53 Å². The van der Waals surface area contributed by atoms with Gasteiger partial charge in [0.1, 0.15) is 0 Å². The van der Waals surface area contributed by atoms with Crippen molar-refractivity contribution in [1.29, 1.82) is 0 Å². The zero-order chi connectivity index (χ0) is 16.3. The molecule has 0 atom stereocenters. The average Bonchev–Trinajstić information content (AvgIpc) is 2.59. The molecule has 0 fully saturated rings. The van der Waals surface area contributed by atoms with Crippen molar-refractivity contribution in [1.82, 2.24) is 0 Å². The monoisotopic (exact) mass is 329 g/mol. The number of nitrogens with one attached hydrogen (secondary N) is 1. The van der Waals surface area contributed by atoms with Gasteiger partial charge in [-0.2, -0.15) is 12.6 Å². The summed E-state index contributed by atoms with van der Waals surface area (Å²) in [5.41, 5.74) is 3.02. The van der Waals surface area contributed by atoms with Gasteiger partial charge in [0.25, 0.3) is 0 Å². The van der Waals surface area contributed by atoms with Crippen molar-refractivity contribution in [3.05, 3.63) is 54.6 Å². The third kappa shape index (κ3) is 6.37. The molecule has 0 radical (unpaired) electrons. The molecule has 0 aliphatic heterocycles. The van der Waals surface area contributed by atoms with Gasteiger partial charge in [0.2, 0.25) is 0 Å². The van der Waals surface area contributed by atoms with E-state index in [1.807, 2.05) is 42.5 Å². The summed E-state index contributed by atoms with van der Waals surface area (Å²) < 4.78 is 5.17. The summed E-state index contributed by atoms with van der Waals surface area (Å²) in [7, 11) is 0. The molecule has 2 aromatic carbocycles. The summed E-state index contributed by atoms with van der Waals surface area (Å²) in [5.74, 6) is 0.917. The van der Waals surface area contributed by atoms with Gasteiger partial charge < -0.3 is 4.74 Å². The van der Waals surface area contributed by atoms with Gasteiger partial charge in [-0.1, -0.05) is 55.3 Å². The maximum Gasteiger partial charge on any atom is 0.411 e. The second-order valence-electron chi connectivity index (χ2n) is 5.34. The van der Waals surface area contributed by atoms with E-state index >= 15 is 0 Å². The van der Waals surface area contributed by atoms with Crippen LogP contribution in [0.1, 0.15) is 25.7 Å². The highest BCUT2D eigenvalue weighted by atomic mass is 32.1. The summed E-state index contributed by atoms with van der Waals surface area (Å²) in [4.78, 5) is 11.7. The van der Waals surface area contributed by atoms with E-state index < -0.39 is 6.09 Å². The van der Waals surface area contributed by atoms with Crippen molar-refractivity contribution in [2.75, 3.05) is 17.7 Å². The minimum Gasteiger partial charge on any atom is -0.449 e. The van der Waals surface area contributed by atoms with E-state index in [1.165, 1.54) is 0 Å². The Bertz CT molecular complexity index is 584. The highest BCUT2D eigenvalue weighted by Gasteiger charge is 2.03. The smallest absolute Gasteiger partial charge is 0.411 e. The lowest BCUT2D eigenvalue weighted by atomic mass is 10.1. The van der Waals surface area contributed by atoms with Crippen molar-refractivity contribution in [3.8, 4) is 11.1 Å². The molecule has 0 spiro atoms. The molecular formula is C19H23NO2S. The lowest BCUT2D eigenvalue weighted by Crippen LogP contribution is -2.14. The zero-order valence-electron chi connectivity index (χ0n) is 13.2. The van der Waals surface area contributed by atoms with Crippen LogP contribution < -0.4 is 5.32 Å². The summed E-state index contributed by atoms with van der Waals surface area (Å²) in [6.07, 6.45) is 3.82. The Labute approximate surface area is 143 Å². The van der Waals surface area contributed by atoms with Crippen LogP contribution in [0.15, 0.2) is 54.6 Å². The molecule has 0 bridgehead atoms. The SMILES string of the molecule is O=C(Nc1ccc(-c2ccccc2)cc1)OCCCCCCS. The topological polar surface area (TPSA) is 38.3 Å². The minimum atomic E-state index is -0.397. The van der Waals surface area contributed by atoms with Gasteiger partial charge in [-0.3, -0.25) is 5.32 Å². The number of rotatable bonds is 8. The number of anilines is 1. The summed E-state index contributed by atoms with van der Waals surface area (Å²) in [6.45, 7) is 0.459. The number of carbonyl (C=O) groups excluding carboxylic acids is 1. The Kier molecular flexibility index (Phi) is 7.54. The molecule has 122 valence electrons. The Balaban J connectivity index is 1.74. The number of benzene rings is 2. The number of thiol groups is 1. The van der Waals surface area contributed by atoms with E-state index in [1.54, 1.807) is 0 Å². The number of ether oxygens (including phenoxy) is 1. The van der Waals surface area contributed by atoms with Gasteiger partial charge in [0, 0.05) is 5.69 Å². The Morgan fingerprint density at radius 2 is 1.52 bits per heavy atom. The Hall–Kier alpha value is -1.94. The maximum absolute atomic E-state index is 11.7. The quantitative estimate of drug-likeness (QED) is 0.503. The number of hydrogen-bond donors (Lipinski definition) is 2. The van der Waals surface area contributed by atoms with Crippen LogP contribution in [0, 0.1) is 0 Å². The number of amides is 1. The largest absolute Gasteiger partial charge is 0.449 e. The van der Waals surface area contributed by atoms with Gasteiger partial charge in [0.15, 0.2) is 0 Å². The number of carbonyl (C=O) groups is 1. The maximum atomic E-state index is 11.7. The van der Waals surface area contributed by atoms with Crippen molar-refractivity contribution >= 4 is 24.4 Å². The van der Waals surface area contributed by atoms with E-state index in [9.17, 15) is 4.79 Å². The van der Waals surface area contributed by atoms with E-state index in [0.29, 0.717) is 6.61 Å². The predicted octanol–water partition coefficient (Wildman–Crippen LogP) is 5.39. The fourth-order valence-corrected chi connectivity index (χ4v) is 2.49. The van der Waals surface area contributed by atoms with Crippen LogP contribution in [0.5, 0.6) is 0 Å². The van der Waals surface area contributed by atoms with Crippen LogP contribution in [0.25, 0.3) is 11.1 Å². The van der Waals surface area contributed by atoms with Crippen molar-refractivity contribution in [2.45, 2.75) is 25.7 Å². The van der Waals surface area contributed by atoms with E-state index in [4.69, 9.17) is 4.74 Å². The summed E-state index contributed by atoms with van der Waals surface area (Å²) in [5, 5.41) is 2.75. The normalized spacial score (nSPS) is 10.3. The van der Waals surface area contributed by atoms with E-state index in [2.05, 4.69) is 30.1 Å². The molecule has 1 amide bonds. The molecule has 0 aliphatic rings. The lowest BCUT2D eigenvalue weighted by Gasteiger charge is -2.08. The van der Waals surface area contributed by atoms with E-state index in [0.717, 1.165) is 48.3 Å². The van der Waals surface area contributed by atoms with Gasteiger partial charge in [-0.15, -0.1) is 0 Å². The minimum absolute atomic E-state index is 0.397. The van der Waals surface area contributed by atoms with E-state index in [-0.39, 0.29) is 0 Å². The fraction of sp³-hybridized carbons (Fsp3) is 0.316. The second kappa shape index (κ2) is 9.95. The molecule has 0 saturated heterocycles. The molecule has 2 aromatic rings. The molecule has 1 N–H and O–H groups in total. The zero-order valence-corrected chi connectivity index (χ0v) is 14.1. The van der Waals surface area contributed by atoms with Crippen LogP contribution in [0.4, 0.5) is 10.5 Å². The summed E-state index contributed by atoms with van der Waals surface area (Å²) >= 11 is 4.17. The van der Waals surface area contributed by atoms with Crippen LogP contribution in [-0.2, 0) is 4.74 Å². The number of unbranched alkanes of at least 4 members (excludes halogenated alkanes) is 3. The van der Waals surface area contributed by atoms with Gasteiger partial charge in [-0.05, 0) is 41.9 Å². The first-order valence-corrected chi connectivity index (χ1v) is 8.63. The molecule has 0 saturated carbocycles. The molecule has 0 aromatic heterocycles. The highest BCUT2D eigenvalue weighted by molar-refractivity contribution is 7.80. The van der Waals surface area contributed by atoms with Gasteiger partial charge in [0.05, 0.1) is 6.61 Å². The average molecular weight is 329 g/mol. The molecule has 0 aliphatic carbocycles. The van der Waals surface area contributed by atoms with Crippen LogP contribution in [0.3, 0.4) is 0 Å². The first kappa shape index (κ1) is 17.4. The Morgan fingerprint density at radius 3 is 2.22 bits per heavy atom. The molecule has 2 rings (SSSR count). The lowest BCUT2D eigenvalue weighted by molar-refractivity contribution is 0.159. The van der Waals surface area contributed by atoms with Crippen molar-refractivity contribution in [2.24, 2.45) is 0 Å². The molecule has 3 nitrogen and oxygen atoms in total. The highest BCUT2D eigenvalue weighted by Crippen LogP contribution is 2.21. The fourth-order valence-electron chi connectivity index (χ4n) is 2.26. The predicted molar refractivity (Wildman–Crippen MR) is 99.2 cm³/mol. The molecule has 23 heavy (non-hydrogen) atoms. The molecule has 4 heteroatoms. The first-order chi connectivity index (χ1) is 11.3. The van der Waals surface area contributed by atoms with Crippen molar-refractivity contribution in [3.63, 3.8) is 0 Å². The van der Waals surface area contributed by atoms with Gasteiger partial charge in [-0.25, -0.2) is 4.79 Å². The second-order valence-corrected chi connectivity index (χ2v) is 5.79. The standard InChI is InChI=1S/C19H23NO2S/c21-19(22-14-6-1-2-7-15-23)20-18-12-10-17(11-13-18)16-8-4-3-5-9-16/h3-5,8-13,23H,1-2,6-7,14-15H2,(H,20,21). The van der Waals surface area contributed by atoms with Gasteiger partial charge >= 0.3 is 6.09 Å². The van der Waals surface area contributed by atoms with Crippen LogP contribution >= 0.6 is 12.6 Å². The molecule has 0 heterocycles. The number of hydrogen-bond acceptors (Lipinski definition) is 3. The Morgan fingerprint density at radius 1 is 0.870 bits per heavy atom. The first-order valence-electron chi connectivity index (χ1n) is 8.00. The van der Waals surface area contributed by atoms with Crippen LogP contribution in [-0.4, -0.2) is 18.5 Å². The van der Waals surface area contributed by atoms with Crippen LogP contribution in [0.2, 0.25) is 0 Å². The summed E-state index contributed by atoms with van der Waals surface area (Å²) in [6, 6.07) is 17.9.